The van der Waals surface area contributed by atoms with Gasteiger partial charge in [-0.1, -0.05) is 43.0 Å². The molecule has 1 aliphatic carbocycles. The topological polar surface area (TPSA) is 53.4 Å². The third-order valence-electron chi connectivity index (χ3n) is 6.65. The average molecular weight is 453 g/mol. The van der Waals surface area contributed by atoms with Gasteiger partial charge in [0.15, 0.2) is 0 Å². The molecule has 0 bridgehead atoms. The Labute approximate surface area is 199 Å². The SMILES string of the molecule is C=Cc1cc(OC2Cc3ccccc3C2)c(-c2ccc3c(cnn3C)c2)cc1CCC(=O)OC. The zero-order chi connectivity index (χ0) is 23.7. The molecule has 0 spiro atoms. The number of ether oxygens (including phenoxy) is 2. The Balaban J connectivity index is 1.55. The number of hydrogen-bond acceptors (Lipinski definition) is 4. The number of aromatic nitrogens is 2. The number of carbonyl (C=O) groups is 1. The Kier molecular flexibility index (Phi) is 5.93. The van der Waals surface area contributed by atoms with Gasteiger partial charge in [-0.25, -0.2) is 0 Å². The molecular weight excluding hydrogens is 424 g/mol. The monoisotopic (exact) mass is 452 g/mol. The van der Waals surface area contributed by atoms with E-state index in [0.29, 0.717) is 12.8 Å². The molecule has 0 aliphatic heterocycles. The minimum absolute atomic E-state index is 0.0804. The Bertz CT molecular complexity index is 1360. The molecule has 1 aromatic heterocycles. The van der Waals surface area contributed by atoms with Crippen LogP contribution in [0.15, 0.2) is 67.4 Å². The van der Waals surface area contributed by atoms with Crippen molar-refractivity contribution in [3.8, 4) is 16.9 Å². The summed E-state index contributed by atoms with van der Waals surface area (Å²) in [5.41, 5.74) is 7.86. The molecule has 0 fully saturated rings. The Morgan fingerprint density at radius 2 is 1.91 bits per heavy atom. The molecule has 0 unspecified atom stereocenters. The summed E-state index contributed by atoms with van der Waals surface area (Å²) in [7, 11) is 3.36. The van der Waals surface area contributed by atoms with Gasteiger partial charge in [0, 0.05) is 37.3 Å². The van der Waals surface area contributed by atoms with Gasteiger partial charge in [-0.2, -0.15) is 5.10 Å². The maximum Gasteiger partial charge on any atom is 0.305 e. The fourth-order valence-electron chi connectivity index (χ4n) is 4.82. The van der Waals surface area contributed by atoms with Crippen LogP contribution in [0.1, 0.15) is 28.7 Å². The number of fused-ring (bicyclic) bond motifs is 2. The fraction of sp³-hybridized carbons (Fsp3) is 0.241. The van der Waals surface area contributed by atoms with Crippen LogP contribution >= 0.6 is 0 Å². The first-order chi connectivity index (χ1) is 16.6. The first-order valence-corrected chi connectivity index (χ1v) is 11.6. The van der Waals surface area contributed by atoms with E-state index < -0.39 is 0 Å². The van der Waals surface area contributed by atoms with Crippen LogP contribution in [0.25, 0.3) is 28.1 Å². The van der Waals surface area contributed by atoms with E-state index in [0.717, 1.165) is 51.7 Å². The van der Waals surface area contributed by atoms with Gasteiger partial charge < -0.3 is 9.47 Å². The van der Waals surface area contributed by atoms with E-state index in [4.69, 9.17) is 9.47 Å². The smallest absolute Gasteiger partial charge is 0.305 e. The molecule has 0 radical (unpaired) electrons. The summed E-state index contributed by atoms with van der Waals surface area (Å²) in [6.45, 7) is 4.01. The highest BCUT2D eigenvalue weighted by atomic mass is 16.5. The average Bonchev–Trinajstić information content (AvgIpc) is 3.44. The Hall–Kier alpha value is -3.86. The molecule has 3 aromatic carbocycles. The number of methoxy groups -OCH3 is 1. The van der Waals surface area contributed by atoms with E-state index in [1.54, 1.807) is 0 Å². The van der Waals surface area contributed by atoms with Gasteiger partial charge in [0.1, 0.15) is 11.9 Å². The molecule has 4 aromatic rings. The third-order valence-corrected chi connectivity index (χ3v) is 6.65. The zero-order valence-electron chi connectivity index (χ0n) is 19.6. The van der Waals surface area contributed by atoms with Crippen LogP contribution in [-0.4, -0.2) is 29.0 Å². The highest BCUT2D eigenvalue weighted by Crippen LogP contribution is 2.37. The predicted octanol–water partition coefficient (Wildman–Crippen LogP) is 5.54. The molecule has 1 aliphatic rings. The van der Waals surface area contributed by atoms with Crippen molar-refractivity contribution in [2.24, 2.45) is 7.05 Å². The van der Waals surface area contributed by atoms with Crippen LogP contribution < -0.4 is 4.74 Å². The summed E-state index contributed by atoms with van der Waals surface area (Å²) in [6.07, 6.45) is 6.47. The van der Waals surface area contributed by atoms with Crippen molar-refractivity contribution in [1.82, 2.24) is 9.78 Å². The molecule has 0 saturated carbocycles. The number of rotatable bonds is 7. The molecule has 5 nitrogen and oxygen atoms in total. The van der Waals surface area contributed by atoms with E-state index in [2.05, 4.69) is 66.3 Å². The fourth-order valence-corrected chi connectivity index (χ4v) is 4.82. The van der Waals surface area contributed by atoms with E-state index in [1.807, 2.05) is 24.0 Å². The lowest BCUT2D eigenvalue weighted by atomic mass is 9.94. The van der Waals surface area contributed by atoms with Crippen molar-refractivity contribution in [3.63, 3.8) is 0 Å². The Morgan fingerprint density at radius 1 is 1.15 bits per heavy atom. The van der Waals surface area contributed by atoms with E-state index in [-0.39, 0.29) is 12.1 Å². The van der Waals surface area contributed by atoms with Crippen molar-refractivity contribution >= 4 is 22.9 Å². The molecule has 172 valence electrons. The molecular formula is C29H28N2O3. The van der Waals surface area contributed by atoms with Crippen LogP contribution in [0.5, 0.6) is 5.75 Å². The molecule has 1 heterocycles. The summed E-state index contributed by atoms with van der Waals surface area (Å²) >= 11 is 0. The summed E-state index contributed by atoms with van der Waals surface area (Å²) in [5, 5.41) is 5.46. The normalized spacial score (nSPS) is 13.1. The van der Waals surface area contributed by atoms with E-state index >= 15 is 0 Å². The second kappa shape index (κ2) is 9.18. The number of esters is 1. The first-order valence-electron chi connectivity index (χ1n) is 11.6. The van der Waals surface area contributed by atoms with Crippen molar-refractivity contribution in [3.05, 3.63) is 89.6 Å². The molecule has 0 atom stereocenters. The highest BCUT2D eigenvalue weighted by Gasteiger charge is 2.24. The summed E-state index contributed by atoms with van der Waals surface area (Å²) < 4.78 is 13.4. The van der Waals surface area contributed by atoms with Crippen molar-refractivity contribution < 1.29 is 14.3 Å². The summed E-state index contributed by atoms with van der Waals surface area (Å²) in [6, 6.07) is 19.1. The number of aryl methyl sites for hydroxylation is 2. The van der Waals surface area contributed by atoms with Crippen molar-refractivity contribution in [1.29, 1.82) is 0 Å². The number of nitrogens with zero attached hydrogens (tertiary/aromatic N) is 2. The minimum atomic E-state index is -0.225. The molecule has 5 heteroatoms. The van der Waals surface area contributed by atoms with Crippen LogP contribution in [0.3, 0.4) is 0 Å². The number of hydrogen-bond donors (Lipinski definition) is 0. The second-order valence-corrected chi connectivity index (χ2v) is 8.79. The van der Waals surface area contributed by atoms with Gasteiger partial charge in [0.25, 0.3) is 0 Å². The molecule has 0 saturated heterocycles. The predicted molar refractivity (Wildman–Crippen MR) is 135 cm³/mol. The summed E-state index contributed by atoms with van der Waals surface area (Å²) in [4.78, 5) is 11.8. The summed E-state index contributed by atoms with van der Waals surface area (Å²) in [5.74, 6) is 0.607. The van der Waals surface area contributed by atoms with Crippen LogP contribution in [0, 0.1) is 0 Å². The molecule has 0 amide bonds. The zero-order valence-corrected chi connectivity index (χ0v) is 19.6. The molecule has 5 rings (SSSR count). The van der Waals surface area contributed by atoms with Crippen LogP contribution in [0.4, 0.5) is 0 Å². The number of carbonyl (C=O) groups excluding carboxylic acids is 1. The maximum atomic E-state index is 11.8. The standard InChI is InChI=1S/C29H28N2O3/c1-4-19-17-28(34-25-14-20-7-5-6-8-21(20)15-25)26(16-22(19)10-12-29(32)33-3)23-9-11-27-24(13-23)18-30-31(27)2/h4-9,11,13,16-18,25H,1,10,12,14-15H2,2-3H3. The van der Waals surface area contributed by atoms with E-state index in [1.165, 1.54) is 18.2 Å². The highest BCUT2D eigenvalue weighted by molar-refractivity contribution is 5.86. The van der Waals surface area contributed by atoms with Gasteiger partial charge in [-0.3, -0.25) is 9.48 Å². The quantitative estimate of drug-likeness (QED) is 0.346. The van der Waals surface area contributed by atoms with E-state index in [9.17, 15) is 4.79 Å². The van der Waals surface area contributed by atoms with Crippen molar-refractivity contribution in [2.45, 2.75) is 31.8 Å². The largest absolute Gasteiger partial charge is 0.489 e. The molecule has 0 N–H and O–H groups in total. The minimum Gasteiger partial charge on any atom is -0.489 e. The van der Waals surface area contributed by atoms with Crippen molar-refractivity contribution in [2.75, 3.05) is 7.11 Å². The number of benzene rings is 3. The van der Waals surface area contributed by atoms with Crippen LogP contribution in [0.2, 0.25) is 0 Å². The second-order valence-electron chi connectivity index (χ2n) is 8.79. The van der Waals surface area contributed by atoms with Crippen LogP contribution in [-0.2, 0) is 35.8 Å². The van der Waals surface area contributed by atoms with Gasteiger partial charge in [0.05, 0.1) is 18.8 Å². The lowest BCUT2D eigenvalue weighted by Crippen LogP contribution is -2.17. The van der Waals surface area contributed by atoms with Gasteiger partial charge >= 0.3 is 5.97 Å². The maximum absolute atomic E-state index is 11.8. The first kappa shape index (κ1) is 22.0. The molecule has 34 heavy (non-hydrogen) atoms. The van der Waals surface area contributed by atoms with Gasteiger partial charge in [-0.05, 0) is 58.5 Å². The Morgan fingerprint density at radius 3 is 2.62 bits per heavy atom. The van der Waals surface area contributed by atoms with Gasteiger partial charge in [0.2, 0.25) is 0 Å². The lowest BCUT2D eigenvalue weighted by Gasteiger charge is -2.20. The van der Waals surface area contributed by atoms with Gasteiger partial charge in [-0.15, -0.1) is 0 Å². The third kappa shape index (κ3) is 4.21. The lowest BCUT2D eigenvalue weighted by molar-refractivity contribution is -0.140.